The highest BCUT2D eigenvalue weighted by Crippen LogP contribution is 2.33. The third-order valence-corrected chi connectivity index (χ3v) is 5.40. The predicted octanol–water partition coefficient (Wildman–Crippen LogP) is 3.86. The Kier molecular flexibility index (Phi) is 5.35. The number of halogens is 4. The lowest BCUT2D eigenvalue weighted by Gasteiger charge is -2.18. The minimum Gasteiger partial charge on any atom is -0.461 e. The van der Waals surface area contributed by atoms with E-state index in [1.54, 1.807) is 6.07 Å². The average Bonchev–Trinajstić information content (AvgIpc) is 3.26. The number of benzene rings is 1. The van der Waals surface area contributed by atoms with Gasteiger partial charge >= 0.3 is 12.2 Å². The van der Waals surface area contributed by atoms with Crippen LogP contribution in [0.2, 0.25) is 5.15 Å². The SMILES string of the molecule is CN1CCC[C@H]1COc1nc(Cl)c2ncc(Cc3ccccc3C(F)(F)F)n2n1. The van der Waals surface area contributed by atoms with Gasteiger partial charge in [0.05, 0.1) is 17.5 Å². The lowest BCUT2D eigenvalue weighted by atomic mass is 10.0. The van der Waals surface area contributed by atoms with E-state index >= 15 is 0 Å². The molecule has 0 spiro atoms. The van der Waals surface area contributed by atoms with Crippen molar-refractivity contribution in [3.05, 3.63) is 52.4 Å². The zero-order chi connectivity index (χ0) is 20.6. The van der Waals surface area contributed by atoms with Crippen molar-refractivity contribution in [3.8, 4) is 6.01 Å². The molecule has 0 saturated carbocycles. The summed E-state index contributed by atoms with van der Waals surface area (Å²) < 4.78 is 47.0. The van der Waals surface area contributed by atoms with Crippen molar-refractivity contribution in [2.75, 3.05) is 20.2 Å². The standard InChI is InChI=1S/C19H19ClF3N5O/c1-27-8-4-6-13(27)11-29-18-25-16(20)17-24-10-14(28(17)26-18)9-12-5-2-3-7-15(12)19(21,22)23/h2-3,5,7,10,13H,4,6,8-9,11H2,1H3/t13-/m0/s1. The van der Waals surface area contributed by atoms with E-state index in [4.69, 9.17) is 16.3 Å². The van der Waals surface area contributed by atoms with E-state index in [-0.39, 0.29) is 34.8 Å². The molecule has 0 aliphatic carbocycles. The second-order valence-corrected chi connectivity index (χ2v) is 7.45. The molecular formula is C19H19ClF3N5O. The predicted molar refractivity (Wildman–Crippen MR) is 101 cm³/mol. The highest BCUT2D eigenvalue weighted by molar-refractivity contribution is 6.32. The summed E-state index contributed by atoms with van der Waals surface area (Å²) in [6, 6.07) is 5.79. The second kappa shape index (κ2) is 7.79. The van der Waals surface area contributed by atoms with Gasteiger partial charge in [0.1, 0.15) is 6.61 Å². The number of imidazole rings is 1. The van der Waals surface area contributed by atoms with Crippen LogP contribution >= 0.6 is 11.6 Å². The fourth-order valence-electron chi connectivity index (χ4n) is 3.56. The summed E-state index contributed by atoms with van der Waals surface area (Å²) in [5.74, 6) is 0. The lowest BCUT2D eigenvalue weighted by Crippen LogP contribution is -2.31. The van der Waals surface area contributed by atoms with Crippen LogP contribution in [0.5, 0.6) is 6.01 Å². The molecule has 1 aromatic carbocycles. The van der Waals surface area contributed by atoms with Crippen LogP contribution in [0.1, 0.15) is 29.7 Å². The third-order valence-electron chi connectivity index (χ3n) is 5.14. The molecule has 4 rings (SSSR count). The van der Waals surface area contributed by atoms with Gasteiger partial charge < -0.3 is 9.64 Å². The first-order valence-corrected chi connectivity index (χ1v) is 9.59. The van der Waals surface area contributed by atoms with E-state index in [0.29, 0.717) is 12.3 Å². The second-order valence-electron chi connectivity index (χ2n) is 7.09. The molecule has 1 aliphatic rings. The summed E-state index contributed by atoms with van der Waals surface area (Å²) in [5, 5.41) is 4.39. The van der Waals surface area contributed by atoms with Gasteiger partial charge in [0.2, 0.25) is 0 Å². The maximum Gasteiger partial charge on any atom is 0.416 e. The van der Waals surface area contributed by atoms with Crippen molar-refractivity contribution >= 4 is 17.2 Å². The van der Waals surface area contributed by atoms with Crippen molar-refractivity contribution in [1.82, 2.24) is 24.5 Å². The first-order chi connectivity index (χ1) is 13.8. The number of ether oxygens (including phenoxy) is 1. The highest BCUT2D eigenvalue weighted by Gasteiger charge is 2.33. The van der Waals surface area contributed by atoms with Gasteiger partial charge in [-0.3, -0.25) is 0 Å². The quantitative estimate of drug-likeness (QED) is 0.621. The first kappa shape index (κ1) is 19.9. The smallest absolute Gasteiger partial charge is 0.416 e. The molecule has 3 aromatic rings. The van der Waals surface area contributed by atoms with Gasteiger partial charge in [0.15, 0.2) is 10.8 Å². The number of hydrogen-bond acceptors (Lipinski definition) is 5. The van der Waals surface area contributed by atoms with E-state index in [2.05, 4.69) is 20.0 Å². The van der Waals surface area contributed by atoms with Gasteiger partial charge in [0, 0.05) is 12.5 Å². The van der Waals surface area contributed by atoms with E-state index in [9.17, 15) is 13.2 Å². The molecule has 154 valence electrons. The Morgan fingerprint density at radius 2 is 2.07 bits per heavy atom. The zero-order valence-electron chi connectivity index (χ0n) is 15.7. The largest absolute Gasteiger partial charge is 0.461 e. The van der Waals surface area contributed by atoms with Gasteiger partial charge in [0.25, 0.3) is 0 Å². The summed E-state index contributed by atoms with van der Waals surface area (Å²) in [4.78, 5) is 10.5. The van der Waals surface area contributed by atoms with Gasteiger partial charge in [-0.25, -0.2) is 9.50 Å². The number of likely N-dealkylation sites (N-methyl/N-ethyl adjacent to an activating group) is 1. The Labute approximate surface area is 170 Å². The van der Waals surface area contributed by atoms with Crippen LogP contribution in [0, 0.1) is 0 Å². The minimum atomic E-state index is -4.44. The van der Waals surface area contributed by atoms with Gasteiger partial charge in [-0.1, -0.05) is 29.8 Å². The fourth-order valence-corrected chi connectivity index (χ4v) is 3.76. The number of nitrogens with zero attached hydrogens (tertiary/aromatic N) is 5. The maximum atomic E-state index is 13.3. The monoisotopic (exact) mass is 425 g/mol. The van der Waals surface area contributed by atoms with E-state index < -0.39 is 11.7 Å². The minimum absolute atomic E-state index is 0.00497. The Balaban J connectivity index is 1.62. The topological polar surface area (TPSA) is 55.5 Å². The fraction of sp³-hybridized carbons (Fsp3) is 0.421. The summed E-state index contributed by atoms with van der Waals surface area (Å²) in [6.45, 7) is 1.43. The summed E-state index contributed by atoms with van der Waals surface area (Å²) >= 11 is 6.20. The van der Waals surface area contributed by atoms with E-state index in [1.807, 2.05) is 7.05 Å². The molecule has 1 atom stereocenters. The maximum absolute atomic E-state index is 13.3. The number of rotatable bonds is 5. The third kappa shape index (κ3) is 4.16. The summed E-state index contributed by atoms with van der Waals surface area (Å²) in [6.07, 6.45) is -0.857. The molecule has 29 heavy (non-hydrogen) atoms. The van der Waals surface area contributed by atoms with Gasteiger partial charge in [-0.2, -0.15) is 18.2 Å². The molecule has 2 aromatic heterocycles. The Morgan fingerprint density at radius 3 is 2.79 bits per heavy atom. The van der Waals surface area contributed by atoms with Crippen LogP contribution in [0.4, 0.5) is 13.2 Å². The summed E-state index contributed by atoms with van der Waals surface area (Å²) in [5.41, 5.74) is 0.183. The molecule has 0 amide bonds. The average molecular weight is 426 g/mol. The van der Waals surface area contributed by atoms with Crippen LogP contribution in [-0.2, 0) is 12.6 Å². The number of alkyl halides is 3. The molecule has 6 nitrogen and oxygen atoms in total. The van der Waals surface area contributed by atoms with Crippen LogP contribution in [0.3, 0.4) is 0 Å². The molecule has 3 heterocycles. The van der Waals surface area contributed by atoms with Crippen LogP contribution in [-0.4, -0.2) is 50.7 Å². The highest BCUT2D eigenvalue weighted by atomic mass is 35.5. The molecule has 1 aliphatic heterocycles. The molecular weight excluding hydrogens is 407 g/mol. The molecule has 0 bridgehead atoms. The molecule has 10 heteroatoms. The Bertz CT molecular complexity index is 1020. The number of fused-ring (bicyclic) bond motifs is 1. The van der Waals surface area contributed by atoms with Crippen molar-refractivity contribution in [2.24, 2.45) is 0 Å². The molecule has 0 radical (unpaired) electrons. The zero-order valence-corrected chi connectivity index (χ0v) is 16.4. The van der Waals surface area contributed by atoms with Crippen LogP contribution in [0.25, 0.3) is 5.65 Å². The van der Waals surface area contributed by atoms with Crippen molar-refractivity contribution < 1.29 is 17.9 Å². The van der Waals surface area contributed by atoms with E-state index in [0.717, 1.165) is 25.5 Å². The van der Waals surface area contributed by atoms with Crippen molar-refractivity contribution in [1.29, 1.82) is 0 Å². The number of likely N-dealkylation sites (tertiary alicyclic amines) is 1. The first-order valence-electron chi connectivity index (χ1n) is 9.21. The molecule has 0 N–H and O–H groups in total. The number of aromatic nitrogens is 4. The lowest BCUT2D eigenvalue weighted by molar-refractivity contribution is -0.138. The van der Waals surface area contributed by atoms with Crippen molar-refractivity contribution in [3.63, 3.8) is 0 Å². The molecule has 1 fully saturated rings. The molecule has 0 unspecified atom stereocenters. The van der Waals surface area contributed by atoms with E-state index in [1.165, 1.54) is 22.8 Å². The molecule has 1 saturated heterocycles. The summed E-state index contributed by atoms with van der Waals surface area (Å²) in [7, 11) is 2.03. The van der Waals surface area contributed by atoms with Gasteiger partial charge in [-0.05, 0) is 38.1 Å². The Morgan fingerprint density at radius 1 is 1.28 bits per heavy atom. The van der Waals surface area contributed by atoms with Crippen LogP contribution < -0.4 is 4.74 Å². The number of hydrogen-bond donors (Lipinski definition) is 0. The van der Waals surface area contributed by atoms with Crippen LogP contribution in [0.15, 0.2) is 30.5 Å². The normalized spacial score (nSPS) is 17.9. The Hall–Kier alpha value is -2.39. The van der Waals surface area contributed by atoms with Crippen molar-refractivity contribution in [2.45, 2.75) is 31.5 Å². The van der Waals surface area contributed by atoms with Gasteiger partial charge in [-0.15, -0.1) is 5.10 Å².